The number of aryl methyl sites for hydroxylation is 1. The van der Waals surface area contributed by atoms with Crippen molar-refractivity contribution < 1.29 is 8.42 Å². The first-order chi connectivity index (χ1) is 9.10. The molecule has 2 aromatic rings. The van der Waals surface area contributed by atoms with E-state index >= 15 is 0 Å². The van der Waals surface area contributed by atoms with Crippen molar-refractivity contribution in [2.24, 2.45) is 0 Å². The third-order valence-corrected chi connectivity index (χ3v) is 6.91. The average molecular weight is 293 g/mol. The highest BCUT2D eigenvalue weighted by Gasteiger charge is 2.33. The minimum absolute atomic E-state index is 0.0386. The van der Waals surface area contributed by atoms with Gasteiger partial charge in [-0.1, -0.05) is 30.3 Å². The number of rotatable bonds is 3. The third-order valence-electron chi connectivity index (χ3n) is 3.67. The Kier molecular flexibility index (Phi) is 3.20. The van der Waals surface area contributed by atoms with Crippen molar-refractivity contribution >= 4 is 21.4 Å². The number of hydrogen-bond donors (Lipinski definition) is 0. The molecule has 100 valence electrons. The molecule has 0 saturated heterocycles. The van der Waals surface area contributed by atoms with Crippen molar-refractivity contribution in [1.29, 1.82) is 0 Å². The molecule has 1 heterocycles. The summed E-state index contributed by atoms with van der Waals surface area (Å²) in [6, 6.07) is 11.5. The fourth-order valence-electron chi connectivity index (χ4n) is 2.63. The van der Waals surface area contributed by atoms with Crippen LogP contribution >= 0.6 is 11.3 Å². The van der Waals surface area contributed by atoms with Gasteiger partial charge in [-0.15, -0.1) is 11.3 Å². The Morgan fingerprint density at radius 1 is 1.21 bits per heavy atom. The first-order valence-electron chi connectivity index (χ1n) is 6.20. The molecule has 1 aliphatic carbocycles. The van der Waals surface area contributed by atoms with Gasteiger partial charge in [-0.25, -0.2) is 8.42 Å². The lowest BCUT2D eigenvalue weighted by atomic mass is 10.1. The second kappa shape index (κ2) is 4.74. The summed E-state index contributed by atoms with van der Waals surface area (Å²) in [5.74, 6) is 0. The van der Waals surface area contributed by atoms with Crippen molar-refractivity contribution in [2.75, 3.05) is 7.05 Å². The molecule has 0 spiro atoms. The van der Waals surface area contributed by atoms with Crippen LogP contribution in [0.2, 0.25) is 0 Å². The highest BCUT2D eigenvalue weighted by atomic mass is 32.2. The summed E-state index contributed by atoms with van der Waals surface area (Å²) in [4.78, 5) is 0. The highest BCUT2D eigenvalue weighted by molar-refractivity contribution is 7.91. The van der Waals surface area contributed by atoms with E-state index < -0.39 is 10.0 Å². The smallest absolute Gasteiger partial charge is 0.206 e. The van der Waals surface area contributed by atoms with Crippen LogP contribution in [0.3, 0.4) is 0 Å². The van der Waals surface area contributed by atoms with Crippen molar-refractivity contribution in [1.82, 2.24) is 4.31 Å². The van der Waals surface area contributed by atoms with Gasteiger partial charge in [-0.3, -0.25) is 0 Å². The average Bonchev–Trinajstić information content (AvgIpc) is 3.07. The number of benzene rings is 1. The minimum atomic E-state index is -3.37. The molecule has 3 rings (SSSR count). The largest absolute Gasteiger partial charge is 0.252 e. The summed E-state index contributed by atoms with van der Waals surface area (Å²) in [7, 11) is -1.69. The van der Waals surface area contributed by atoms with Crippen LogP contribution in [0.15, 0.2) is 46.0 Å². The number of sulfonamides is 1. The van der Waals surface area contributed by atoms with Crippen LogP contribution in [0.1, 0.15) is 23.6 Å². The molecule has 5 heteroatoms. The van der Waals surface area contributed by atoms with E-state index in [1.165, 1.54) is 21.2 Å². The summed E-state index contributed by atoms with van der Waals surface area (Å²) >= 11 is 1.27. The number of hydrogen-bond acceptors (Lipinski definition) is 3. The van der Waals surface area contributed by atoms with Gasteiger partial charge in [0.15, 0.2) is 0 Å². The maximum Gasteiger partial charge on any atom is 0.252 e. The molecule has 1 atom stereocenters. The van der Waals surface area contributed by atoms with Crippen LogP contribution in [-0.4, -0.2) is 19.8 Å². The van der Waals surface area contributed by atoms with Crippen molar-refractivity contribution in [3.8, 4) is 0 Å². The Bertz CT molecular complexity index is 677. The van der Waals surface area contributed by atoms with Gasteiger partial charge in [0.25, 0.3) is 10.0 Å². The monoisotopic (exact) mass is 293 g/mol. The van der Waals surface area contributed by atoms with Gasteiger partial charge in [0.1, 0.15) is 4.21 Å². The van der Waals surface area contributed by atoms with Crippen LogP contribution in [0.4, 0.5) is 0 Å². The molecule has 0 amide bonds. The Morgan fingerprint density at radius 3 is 2.74 bits per heavy atom. The van der Waals surface area contributed by atoms with Crippen LogP contribution in [-0.2, 0) is 16.4 Å². The zero-order valence-electron chi connectivity index (χ0n) is 10.6. The summed E-state index contributed by atoms with van der Waals surface area (Å²) < 4.78 is 27.0. The minimum Gasteiger partial charge on any atom is -0.206 e. The van der Waals surface area contributed by atoms with E-state index in [0.717, 1.165) is 18.4 Å². The molecule has 3 nitrogen and oxygen atoms in total. The fraction of sp³-hybridized carbons (Fsp3) is 0.286. The Hall–Kier alpha value is -1.17. The van der Waals surface area contributed by atoms with Crippen LogP contribution in [0.5, 0.6) is 0 Å². The molecule has 0 saturated carbocycles. The van der Waals surface area contributed by atoms with Gasteiger partial charge >= 0.3 is 0 Å². The molecule has 0 aliphatic heterocycles. The van der Waals surface area contributed by atoms with E-state index in [1.807, 2.05) is 18.2 Å². The normalized spacial score (nSPS) is 18.7. The van der Waals surface area contributed by atoms with E-state index in [4.69, 9.17) is 0 Å². The first-order valence-corrected chi connectivity index (χ1v) is 8.52. The Balaban J connectivity index is 1.97. The molecule has 0 unspecified atom stereocenters. The summed E-state index contributed by atoms with van der Waals surface area (Å²) in [5.41, 5.74) is 2.41. The molecular formula is C14H15NO2S2. The maximum atomic E-state index is 12.5. The van der Waals surface area contributed by atoms with E-state index in [1.54, 1.807) is 24.6 Å². The molecule has 19 heavy (non-hydrogen) atoms. The van der Waals surface area contributed by atoms with E-state index in [0.29, 0.717) is 4.21 Å². The summed E-state index contributed by atoms with van der Waals surface area (Å²) in [6.45, 7) is 0. The van der Waals surface area contributed by atoms with Gasteiger partial charge in [-0.2, -0.15) is 4.31 Å². The number of fused-ring (bicyclic) bond motifs is 1. The van der Waals surface area contributed by atoms with E-state index in [9.17, 15) is 8.42 Å². The Morgan fingerprint density at radius 2 is 2.00 bits per heavy atom. The second-order valence-corrected chi connectivity index (χ2v) is 7.88. The topological polar surface area (TPSA) is 37.4 Å². The standard InChI is InChI=1S/C14H15NO2S2/c1-15(19(16,17)14-7-4-10-18-14)13-9-8-11-5-2-3-6-12(11)13/h2-7,10,13H,8-9H2,1H3/t13-/m0/s1. The van der Waals surface area contributed by atoms with E-state index in [-0.39, 0.29) is 6.04 Å². The van der Waals surface area contributed by atoms with Gasteiger partial charge in [0.2, 0.25) is 0 Å². The summed E-state index contributed by atoms with van der Waals surface area (Å²) in [6.07, 6.45) is 1.81. The van der Waals surface area contributed by atoms with Crippen molar-refractivity contribution in [3.63, 3.8) is 0 Å². The van der Waals surface area contributed by atoms with Gasteiger partial charge in [0, 0.05) is 7.05 Å². The molecule has 0 fully saturated rings. The van der Waals surface area contributed by atoms with Crippen molar-refractivity contribution in [3.05, 3.63) is 52.9 Å². The number of nitrogens with zero attached hydrogens (tertiary/aromatic N) is 1. The molecular weight excluding hydrogens is 278 g/mol. The molecule has 1 aromatic heterocycles. The lowest BCUT2D eigenvalue weighted by Gasteiger charge is -2.24. The fourth-order valence-corrected chi connectivity index (χ4v) is 5.17. The van der Waals surface area contributed by atoms with Crippen LogP contribution in [0.25, 0.3) is 0 Å². The zero-order valence-corrected chi connectivity index (χ0v) is 12.2. The van der Waals surface area contributed by atoms with Crippen molar-refractivity contribution in [2.45, 2.75) is 23.1 Å². The molecule has 0 radical (unpaired) electrons. The zero-order chi connectivity index (χ0) is 13.5. The predicted molar refractivity (Wildman–Crippen MR) is 76.8 cm³/mol. The Labute approximate surface area is 117 Å². The lowest BCUT2D eigenvalue weighted by molar-refractivity contribution is 0.375. The number of thiophene rings is 1. The maximum absolute atomic E-state index is 12.5. The van der Waals surface area contributed by atoms with Crippen LogP contribution in [0, 0.1) is 0 Å². The first kappa shape index (κ1) is 12.8. The SMILES string of the molecule is CN([C@H]1CCc2ccccc21)S(=O)(=O)c1cccs1. The molecule has 0 bridgehead atoms. The third kappa shape index (κ3) is 2.12. The molecule has 1 aliphatic rings. The van der Waals surface area contributed by atoms with Crippen LogP contribution < -0.4 is 0 Å². The van der Waals surface area contributed by atoms with E-state index in [2.05, 4.69) is 6.07 Å². The molecule has 1 aromatic carbocycles. The lowest BCUT2D eigenvalue weighted by Crippen LogP contribution is -2.29. The quantitative estimate of drug-likeness (QED) is 0.872. The highest BCUT2D eigenvalue weighted by Crippen LogP contribution is 2.37. The van der Waals surface area contributed by atoms with Gasteiger partial charge < -0.3 is 0 Å². The second-order valence-electron chi connectivity index (χ2n) is 4.71. The summed E-state index contributed by atoms with van der Waals surface area (Å²) in [5, 5.41) is 1.79. The predicted octanol–water partition coefficient (Wildman–Crippen LogP) is 3.06. The molecule has 0 N–H and O–H groups in total. The van der Waals surface area contributed by atoms with Gasteiger partial charge in [0.05, 0.1) is 6.04 Å². The van der Waals surface area contributed by atoms with Gasteiger partial charge in [-0.05, 0) is 35.4 Å².